The van der Waals surface area contributed by atoms with Gasteiger partial charge < -0.3 is 5.32 Å². The number of halogens is 1. The summed E-state index contributed by atoms with van der Waals surface area (Å²) in [6.45, 7) is 3.99. The molecule has 1 fully saturated rings. The van der Waals surface area contributed by atoms with Crippen molar-refractivity contribution in [3.05, 3.63) is 58.1 Å². The summed E-state index contributed by atoms with van der Waals surface area (Å²) in [5.74, 6) is 0.786. The Labute approximate surface area is 227 Å². The van der Waals surface area contributed by atoms with Crippen LogP contribution in [0.15, 0.2) is 41.6 Å². The van der Waals surface area contributed by atoms with Crippen molar-refractivity contribution in [3.8, 4) is 11.4 Å². The fraction of sp³-hybridized carbons (Fsp3) is 0.423. The Balaban J connectivity index is 1.47. The molecule has 0 spiro atoms. The SMILES string of the molecule is Cc1ccc(CNC(=O)CSc2nnc(-c3ccccc3Cl)n2C2CCCCC2)c(C)c1NS(C)(=O)=O. The number of carbonyl (C=O) groups is 1. The molecule has 0 saturated heterocycles. The van der Waals surface area contributed by atoms with Gasteiger partial charge in [0.15, 0.2) is 11.0 Å². The monoisotopic (exact) mass is 561 g/mol. The van der Waals surface area contributed by atoms with Crippen LogP contribution in [0.4, 0.5) is 5.69 Å². The quantitative estimate of drug-likeness (QED) is 0.334. The van der Waals surface area contributed by atoms with Crippen molar-refractivity contribution in [1.82, 2.24) is 20.1 Å². The van der Waals surface area contributed by atoms with E-state index in [2.05, 4.69) is 24.8 Å². The summed E-state index contributed by atoms with van der Waals surface area (Å²) in [4.78, 5) is 12.8. The zero-order valence-corrected chi connectivity index (χ0v) is 23.6. The van der Waals surface area contributed by atoms with Gasteiger partial charge >= 0.3 is 0 Å². The summed E-state index contributed by atoms with van der Waals surface area (Å²) in [7, 11) is -3.41. The van der Waals surface area contributed by atoms with Gasteiger partial charge in [0.1, 0.15) is 0 Å². The molecule has 0 radical (unpaired) electrons. The first-order valence-electron chi connectivity index (χ1n) is 12.3. The summed E-state index contributed by atoms with van der Waals surface area (Å²) in [6, 6.07) is 11.6. The number of benzene rings is 2. The lowest BCUT2D eigenvalue weighted by Crippen LogP contribution is -2.25. The molecule has 1 aliphatic carbocycles. The minimum Gasteiger partial charge on any atom is -0.351 e. The van der Waals surface area contributed by atoms with E-state index in [1.807, 2.05) is 50.2 Å². The van der Waals surface area contributed by atoms with Crippen LogP contribution in [0, 0.1) is 13.8 Å². The van der Waals surface area contributed by atoms with E-state index >= 15 is 0 Å². The van der Waals surface area contributed by atoms with E-state index in [1.54, 1.807) is 0 Å². The van der Waals surface area contributed by atoms with E-state index < -0.39 is 10.0 Å². The maximum absolute atomic E-state index is 12.8. The maximum atomic E-state index is 12.8. The molecule has 0 unspecified atom stereocenters. The van der Waals surface area contributed by atoms with E-state index in [0.717, 1.165) is 60.0 Å². The smallest absolute Gasteiger partial charge is 0.230 e. The molecule has 8 nitrogen and oxygen atoms in total. The third-order valence-corrected chi connectivity index (χ3v) is 8.45. The molecule has 1 amide bonds. The Morgan fingerprint density at radius 3 is 2.54 bits per heavy atom. The first-order chi connectivity index (χ1) is 17.6. The van der Waals surface area contributed by atoms with Crippen LogP contribution >= 0.6 is 23.4 Å². The summed E-state index contributed by atoms with van der Waals surface area (Å²) < 4.78 is 28.2. The topological polar surface area (TPSA) is 106 Å². The second-order valence-electron chi connectivity index (χ2n) is 9.43. The molecule has 3 aromatic rings. The van der Waals surface area contributed by atoms with Crippen LogP contribution < -0.4 is 10.0 Å². The average Bonchev–Trinajstić information content (AvgIpc) is 3.28. The van der Waals surface area contributed by atoms with Crippen LogP contribution in [0.1, 0.15) is 54.8 Å². The molecular formula is C26H32ClN5O3S2. The number of aromatic nitrogens is 3. The van der Waals surface area contributed by atoms with Crippen molar-refractivity contribution in [2.75, 3.05) is 16.7 Å². The molecule has 198 valence electrons. The van der Waals surface area contributed by atoms with Gasteiger partial charge in [0.05, 0.1) is 22.7 Å². The number of amides is 1. The van der Waals surface area contributed by atoms with Crippen LogP contribution in [-0.4, -0.2) is 41.1 Å². The van der Waals surface area contributed by atoms with Gasteiger partial charge in [-0.2, -0.15) is 0 Å². The van der Waals surface area contributed by atoms with Crippen molar-refractivity contribution >= 4 is 45.0 Å². The third kappa shape index (κ3) is 6.86. The van der Waals surface area contributed by atoms with E-state index in [0.29, 0.717) is 22.4 Å². The van der Waals surface area contributed by atoms with Crippen LogP contribution in [-0.2, 0) is 21.4 Å². The number of aryl methyl sites for hydroxylation is 1. The standard InChI is InChI=1S/C26H32ClN5O3S2/c1-17-13-14-19(18(2)24(17)31-37(3,34)35)15-28-23(33)16-36-26-30-29-25(21-11-7-8-12-22(21)27)32(26)20-9-5-4-6-10-20/h7-8,11-14,20,31H,4-6,9-10,15-16H2,1-3H3,(H,28,33). The van der Waals surface area contributed by atoms with Gasteiger partial charge in [-0.25, -0.2) is 8.42 Å². The number of nitrogens with one attached hydrogen (secondary N) is 2. The van der Waals surface area contributed by atoms with Crippen molar-refractivity contribution in [2.45, 2.75) is 63.7 Å². The molecule has 1 saturated carbocycles. The number of anilines is 1. The molecule has 0 bridgehead atoms. The zero-order valence-electron chi connectivity index (χ0n) is 21.3. The normalized spacial score (nSPS) is 14.5. The van der Waals surface area contributed by atoms with E-state index in [9.17, 15) is 13.2 Å². The third-order valence-electron chi connectivity index (χ3n) is 6.60. The van der Waals surface area contributed by atoms with Gasteiger partial charge in [-0.3, -0.25) is 14.1 Å². The Hall–Kier alpha value is -2.56. The minimum absolute atomic E-state index is 0.139. The van der Waals surface area contributed by atoms with Crippen LogP contribution in [0.5, 0.6) is 0 Å². The minimum atomic E-state index is -3.41. The molecule has 1 heterocycles. The van der Waals surface area contributed by atoms with Gasteiger partial charge in [0.2, 0.25) is 15.9 Å². The molecule has 1 aromatic heterocycles. The molecule has 11 heteroatoms. The average molecular weight is 562 g/mol. The second kappa shape index (κ2) is 11.9. The van der Waals surface area contributed by atoms with Crippen molar-refractivity contribution in [1.29, 1.82) is 0 Å². The molecule has 0 atom stereocenters. The van der Waals surface area contributed by atoms with E-state index in [-0.39, 0.29) is 17.7 Å². The lowest BCUT2D eigenvalue weighted by Gasteiger charge is -2.25. The summed E-state index contributed by atoms with van der Waals surface area (Å²) in [5, 5.41) is 13.2. The molecule has 37 heavy (non-hydrogen) atoms. The molecular weight excluding hydrogens is 530 g/mol. The highest BCUT2D eigenvalue weighted by molar-refractivity contribution is 7.99. The number of thioether (sulfide) groups is 1. The summed E-state index contributed by atoms with van der Waals surface area (Å²) >= 11 is 7.85. The summed E-state index contributed by atoms with van der Waals surface area (Å²) in [6.07, 6.45) is 6.76. The number of hydrogen-bond acceptors (Lipinski definition) is 6. The van der Waals surface area contributed by atoms with Crippen LogP contribution in [0.2, 0.25) is 5.02 Å². The van der Waals surface area contributed by atoms with Gasteiger partial charge in [-0.15, -0.1) is 10.2 Å². The molecule has 1 aliphatic rings. The van der Waals surface area contributed by atoms with Crippen LogP contribution in [0.25, 0.3) is 11.4 Å². The van der Waals surface area contributed by atoms with Gasteiger partial charge in [0.25, 0.3) is 0 Å². The molecule has 2 N–H and O–H groups in total. The highest BCUT2D eigenvalue weighted by Crippen LogP contribution is 2.37. The van der Waals surface area contributed by atoms with Crippen LogP contribution in [0.3, 0.4) is 0 Å². The fourth-order valence-corrected chi connectivity index (χ4v) is 6.41. The highest BCUT2D eigenvalue weighted by atomic mass is 35.5. The number of nitrogens with zero attached hydrogens (tertiary/aromatic N) is 3. The van der Waals surface area contributed by atoms with Gasteiger partial charge in [0, 0.05) is 18.2 Å². The zero-order chi connectivity index (χ0) is 26.6. The lowest BCUT2D eigenvalue weighted by molar-refractivity contribution is -0.118. The second-order valence-corrected chi connectivity index (χ2v) is 12.5. The first-order valence-corrected chi connectivity index (χ1v) is 15.6. The van der Waals surface area contributed by atoms with Gasteiger partial charge in [-0.05, 0) is 55.5 Å². The largest absolute Gasteiger partial charge is 0.351 e. The Morgan fingerprint density at radius 1 is 1.11 bits per heavy atom. The first kappa shape index (κ1) is 27.5. The predicted molar refractivity (Wildman–Crippen MR) is 150 cm³/mol. The van der Waals surface area contributed by atoms with Gasteiger partial charge in [-0.1, -0.05) is 66.9 Å². The number of hydrogen-bond donors (Lipinski definition) is 2. The predicted octanol–water partition coefficient (Wildman–Crippen LogP) is 5.50. The number of carbonyl (C=O) groups excluding carboxylic acids is 1. The summed E-state index contributed by atoms with van der Waals surface area (Å²) in [5.41, 5.74) is 3.86. The molecule has 0 aliphatic heterocycles. The fourth-order valence-electron chi connectivity index (χ4n) is 4.67. The van der Waals surface area contributed by atoms with E-state index in [1.165, 1.54) is 18.2 Å². The highest BCUT2D eigenvalue weighted by Gasteiger charge is 2.25. The molecule has 4 rings (SSSR count). The van der Waals surface area contributed by atoms with Crippen molar-refractivity contribution < 1.29 is 13.2 Å². The lowest BCUT2D eigenvalue weighted by atomic mass is 9.95. The van der Waals surface area contributed by atoms with E-state index in [4.69, 9.17) is 11.6 Å². The number of sulfonamides is 1. The Kier molecular flexibility index (Phi) is 8.82. The van der Waals surface area contributed by atoms with Crippen molar-refractivity contribution in [3.63, 3.8) is 0 Å². The molecule has 2 aromatic carbocycles. The van der Waals surface area contributed by atoms with Crippen molar-refractivity contribution in [2.24, 2.45) is 0 Å². The Morgan fingerprint density at radius 2 is 1.84 bits per heavy atom. The maximum Gasteiger partial charge on any atom is 0.230 e. The number of rotatable bonds is 9. The Bertz CT molecular complexity index is 1380.